The second-order valence-electron chi connectivity index (χ2n) is 7.42. The van der Waals surface area contributed by atoms with Crippen LogP contribution in [-0.4, -0.2) is 11.5 Å². The van der Waals surface area contributed by atoms with Crippen LogP contribution in [0.4, 0.5) is 0 Å². The van der Waals surface area contributed by atoms with Gasteiger partial charge in [-0.3, -0.25) is 0 Å². The third-order valence-corrected chi connectivity index (χ3v) is 5.59. The average molecular weight is 264 g/mol. The molecule has 2 fully saturated rings. The van der Waals surface area contributed by atoms with E-state index in [1.807, 2.05) is 11.3 Å². The summed E-state index contributed by atoms with van der Waals surface area (Å²) in [4.78, 5) is 4.84. The first-order valence-corrected chi connectivity index (χ1v) is 7.95. The molecule has 2 N–H and O–H groups in total. The lowest BCUT2D eigenvalue weighted by Crippen LogP contribution is -2.31. The molecule has 1 aromatic rings. The highest BCUT2D eigenvalue weighted by Crippen LogP contribution is 2.60. The van der Waals surface area contributed by atoms with Gasteiger partial charge in [-0.25, -0.2) is 4.98 Å². The van der Waals surface area contributed by atoms with Crippen molar-refractivity contribution in [2.45, 2.75) is 51.9 Å². The minimum absolute atomic E-state index is 0.169. The van der Waals surface area contributed by atoms with Crippen molar-refractivity contribution in [2.24, 2.45) is 23.0 Å². The molecule has 1 heterocycles. The Morgan fingerprint density at radius 2 is 2.06 bits per heavy atom. The molecule has 0 saturated heterocycles. The van der Waals surface area contributed by atoms with E-state index in [1.54, 1.807) is 0 Å². The summed E-state index contributed by atoms with van der Waals surface area (Å²) < 4.78 is 0. The van der Waals surface area contributed by atoms with Crippen LogP contribution in [-0.2, 0) is 11.8 Å². The zero-order valence-corrected chi connectivity index (χ0v) is 12.5. The van der Waals surface area contributed by atoms with E-state index in [0.717, 1.165) is 24.8 Å². The van der Waals surface area contributed by atoms with Crippen molar-refractivity contribution >= 4 is 11.3 Å². The summed E-state index contributed by atoms with van der Waals surface area (Å²) in [6, 6.07) is 0. The fraction of sp³-hybridized carbons (Fsp3) is 0.800. The summed E-state index contributed by atoms with van der Waals surface area (Å²) >= 11 is 1.83. The van der Waals surface area contributed by atoms with Gasteiger partial charge in [-0.2, -0.15) is 0 Å². The van der Waals surface area contributed by atoms with E-state index in [0.29, 0.717) is 5.41 Å². The summed E-state index contributed by atoms with van der Waals surface area (Å²) in [6.07, 6.45) is 5.27. The number of nitrogens with two attached hydrogens (primary N) is 1. The SMILES string of the molecule is CC(C)(C)c1csc(CC2(CN)CC3CC3C2)n1. The Morgan fingerprint density at radius 3 is 2.56 bits per heavy atom. The highest BCUT2D eigenvalue weighted by Gasteiger charge is 2.53. The quantitative estimate of drug-likeness (QED) is 0.909. The van der Waals surface area contributed by atoms with Crippen molar-refractivity contribution in [1.82, 2.24) is 4.98 Å². The summed E-state index contributed by atoms with van der Waals surface area (Å²) in [5, 5.41) is 3.53. The zero-order chi connectivity index (χ0) is 13.0. The molecular weight excluding hydrogens is 240 g/mol. The molecule has 2 nitrogen and oxygen atoms in total. The van der Waals surface area contributed by atoms with E-state index >= 15 is 0 Å². The summed E-state index contributed by atoms with van der Waals surface area (Å²) in [5.41, 5.74) is 7.85. The minimum atomic E-state index is 0.169. The molecule has 3 heteroatoms. The molecule has 2 aliphatic carbocycles. The molecule has 0 spiro atoms. The first-order chi connectivity index (χ1) is 8.42. The predicted molar refractivity (Wildman–Crippen MR) is 76.8 cm³/mol. The molecule has 3 rings (SSSR count). The Labute approximate surface area is 114 Å². The van der Waals surface area contributed by atoms with Gasteiger partial charge in [0.2, 0.25) is 0 Å². The smallest absolute Gasteiger partial charge is 0.0934 e. The summed E-state index contributed by atoms with van der Waals surface area (Å²) in [5.74, 6) is 1.99. The zero-order valence-electron chi connectivity index (χ0n) is 11.7. The van der Waals surface area contributed by atoms with Gasteiger partial charge < -0.3 is 5.73 Å². The first-order valence-electron chi connectivity index (χ1n) is 7.07. The predicted octanol–water partition coefficient (Wildman–Crippen LogP) is 3.36. The van der Waals surface area contributed by atoms with Crippen LogP contribution in [0.3, 0.4) is 0 Å². The van der Waals surface area contributed by atoms with Gasteiger partial charge in [0, 0.05) is 17.2 Å². The fourth-order valence-corrected chi connectivity index (χ4v) is 4.64. The number of aromatic nitrogens is 1. The molecule has 0 bridgehead atoms. The number of hydrogen-bond donors (Lipinski definition) is 1. The Bertz CT molecular complexity index is 434. The molecule has 0 aliphatic heterocycles. The molecule has 0 amide bonds. The molecule has 2 saturated carbocycles. The highest BCUT2D eigenvalue weighted by molar-refractivity contribution is 7.09. The normalized spacial score (nSPS) is 34.7. The van der Waals surface area contributed by atoms with Crippen LogP contribution in [0.5, 0.6) is 0 Å². The molecule has 2 atom stereocenters. The topological polar surface area (TPSA) is 38.9 Å². The molecule has 0 radical (unpaired) electrons. The van der Waals surface area contributed by atoms with E-state index in [1.165, 1.54) is 30.0 Å². The molecular formula is C15H24N2S. The van der Waals surface area contributed by atoms with Gasteiger partial charge in [-0.15, -0.1) is 11.3 Å². The van der Waals surface area contributed by atoms with Crippen LogP contribution < -0.4 is 5.73 Å². The van der Waals surface area contributed by atoms with Crippen molar-refractivity contribution < 1.29 is 0 Å². The Balaban J connectivity index is 1.74. The van der Waals surface area contributed by atoms with E-state index in [-0.39, 0.29) is 5.41 Å². The molecule has 100 valence electrons. The second kappa shape index (κ2) is 4.04. The maximum absolute atomic E-state index is 6.07. The van der Waals surface area contributed by atoms with Gasteiger partial charge in [0.15, 0.2) is 0 Å². The van der Waals surface area contributed by atoms with E-state index in [9.17, 15) is 0 Å². The largest absolute Gasteiger partial charge is 0.330 e. The molecule has 2 unspecified atom stereocenters. The Kier molecular flexibility index (Phi) is 2.83. The van der Waals surface area contributed by atoms with Crippen molar-refractivity contribution in [3.05, 3.63) is 16.1 Å². The number of nitrogens with zero attached hydrogens (tertiary/aromatic N) is 1. The van der Waals surface area contributed by atoms with Crippen molar-refractivity contribution in [2.75, 3.05) is 6.54 Å². The van der Waals surface area contributed by atoms with Crippen molar-refractivity contribution in [3.8, 4) is 0 Å². The highest BCUT2D eigenvalue weighted by atomic mass is 32.1. The van der Waals surface area contributed by atoms with E-state index in [2.05, 4.69) is 26.2 Å². The monoisotopic (exact) mass is 264 g/mol. The van der Waals surface area contributed by atoms with Gasteiger partial charge in [-0.05, 0) is 43.1 Å². The lowest BCUT2D eigenvalue weighted by atomic mass is 9.80. The van der Waals surface area contributed by atoms with Crippen LogP contribution in [0, 0.1) is 17.3 Å². The lowest BCUT2D eigenvalue weighted by molar-refractivity contribution is 0.272. The maximum atomic E-state index is 6.07. The fourth-order valence-electron chi connectivity index (χ4n) is 3.45. The number of thiazole rings is 1. The minimum Gasteiger partial charge on any atom is -0.330 e. The van der Waals surface area contributed by atoms with Gasteiger partial charge in [0.05, 0.1) is 10.7 Å². The van der Waals surface area contributed by atoms with E-state index in [4.69, 9.17) is 10.7 Å². The summed E-state index contributed by atoms with van der Waals surface area (Å²) in [7, 11) is 0. The van der Waals surface area contributed by atoms with Crippen LogP contribution in [0.15, 0.2) is 5.38 Å². The van der Waals surface area contributed by atoms with Crippen molar-refractivity contribution in [3.63, 3.8) is 0 Å². The molecule has 1 aromatic heterocycles. The second-order valence-corrected chi connectivity index (χ2v) is 8.36. The van der Waals surface area contributed by atoms with Crippen LogP contribution in [0.25, 0.3) is 0 Å². The third-order valence-electron chi connectivity index (χ3n) is 4.74. The van der Waals surface area contributed by atoms with Crippen molar-refractivity contribution in [1.29, 1.82) is 0 Å². The Morgan fingerprint density at radius 1 is 1.39 bits per heavy atom. The van der Waals surface area contributed by atoms with E-state index < -0.39 is 0 Å². The molecule has 0 aromatic carbocycles. The van der Waals surface area contributed by atoms with Crippen LogP contribution in [0.1, 0.15) is 50.7 Å². The van der Waals surface area contributed by atoms with Gasteiger partial charge in [0.25, 0.3) is 0 Å². The number of hydrogen-bond acceptors (Lipinski definition) is 3. The molecule has 18 heavy (non-hydrogen) atoms. The van der Waals surface area contributed by atoms with Gasteiger partial charge in [-0.1, -0.05) is 20.8 Å². The Hall–Kier alpha value is -0.410. The van der Waals surface area contributed by atoms with Crippen LogP contribution in [0.2, 0.25) is 0 Å². The average Bonchev–Trinajstić information content (AvgIpc) is 2.76. The van der Waals surface area contributed by atoms with Crippen LogP contribution >= 0.6 is 11.3 Å². The maximum Gasteiger partial charge on any atom is 0.0934 e. The number of fused-ring (bicyclic) bond motifs is 1. The van der Waals surface area contributed by atoms with Gasteiger partial charge >= 0.3 is 0 Å². The first kappa shape index (κ1) is 12.6. The lowest BCUT2D eigenvalue weighted by Gasteiger charge is -2.28. The molecule has 2 aliphatic rings. The summed E-state index contributed by atoms with van der Waals surface area (Å²) in [6.45, 7) is 7.53. The number of rotatable bonds is 3. The van der Waals surface area contributed by atoms with Gasteiger partial charge in [0.1, 0.15) is 0 Å². The third kappa shape index (κ3) is 2.23. The standard InChI is InChI=1S/C15H24N2S/c1-14(2,3)12-8-18-13(17-12)7-15(9-16)5-10-4-11(10)6-15/h8,10-11H,4-7,9,16H2,1-3H3.